The van der Waals surface area contributed by atoms with E-state index in [4.69, 9.17) is 9.47 Å². The topological polar surface area (TPSA) is 109 Å². The number of nitrogens with one attached hydrogen (secondary N) is 3. The number of amides is 4. The number of hydrogen-bond acceptors (Lipinski definition) is 5. The number of carbonyl (C=O) groups is 3. The number of fused-ring (bicyclic) bond motifs is 2. The zero-order valence-corrected chi connectivity index (χ0v) is 20.2. The number of carbonyl (C=O) groups excluding carboxylic acids is 3. The smallest absolute Gasteiger partial charge is 0.319 e. The quantitative estimate of drug-likeness (QED) is 0.606. The molecule has 3 atom stereocenters. The molecule has 3 N–H and O–H groups in total. The zero-order chi connectivity index (χ0) is 24.9. The second-order valence-corrected chi connectivity index (χ2v) is 9.25. The zero-order valence-electron chi connectivity index (χ0n) is 20.2. The number of para-hydroxylation sites is 1. The van der Waals surface area contributed by atoms with Crippen molar-refractivity contribution in [3.8, 4) is 5.75 Å². The highest BCUT2D eigenvalue weighted by atomic mass is 16.5. The largest absolute Gasteiger partial charge is 0.490 e. The van der Waals surface area contributed by atoms with Crippen molar-refractivity contribution in [3.05, 3.63) is 54.1 Å². The lowest BCUT2D eigenvalue weighted by Crippen LogP contribution is -2.53. The summed E-state index contributed by atoms with van der Waals surface area (Å²) in [5.74, 6) is 0.122. The lowest BCUT2D eigenvalue weighted by molar-refractivity contribution is -0.130. The number of benzene rings is 2. The van der Waals surface area contributed by atoms with Crippen LogP contribution in [0.5, 0.6) is 5.75 Å². The molecule has 2 aliphatic heterocycles. The molecule has 35 heavy (non-hydrogen) atoms. The summed E-state index contributed by atoms with van der Waals surface area (Å²) in [5, 5.41) is 8.41. The Morgan fingerprint density at radius 1 is 1.06 bits per heavy atom. The van der Waals surface area contributed by atoms with Crippen LogP contribution < -0.4 is 20.7 Å². The molecule has 0 aliphatic carbocycles. The van der Waals surface area contributed by atoms with Crippen molar-refractivity contribution in [2.75, 3.05) is 24.3 Å². The maximum Gasteiger partial charge on any atom is 0.319 e. The maximum absolute atomic E-state index is 13.3. The van der Waals surface area contributed by atoms with Crippen molar-refractivity contribution in [3.63, 3.8) is 0 Å². The predicted octanol–water partition coefficient (Wildman–Crippen LogP) is 3.63. The van der Waals surface area contributed by atoms with Gasteiger partial charge >= 0.3 is 6.03 Å². The first kappa shape index (κ1) is 24.5. The normalized spacial score (nSPS) is 21.7. The molecule has 0 aromatic heterocycles. The minimum atomic E-state index is -0.352. The predicted molar refractivity (Wildman–Crippen MR) is 133 cm³/mol. The van der Waals surface area contributed by atoms with Crippen molar-refractivity contribution in [1.82, 2.24) is 10.2 Å². The van der Waals surface area contributed by atoms with Crippen LogP contribution in [-0.4, -0.2) is 60.7 Å². The summed E-state index contributed by atoms with van der Waals surface area (Å²) in [7, 11) is 1.76. The molecule has 9 nitrogen and oxygen atoms in total. The van der Waals surface area contributed by atoms with E-state index in [0.717, 1.165) is 5.69 Å². The van der Waals surface area contributed by atoms with Gasteiger partial charge in [-0.3, -0.25) is 9.59 Å². The van der Waals surface area contributed by atoms with Crippen molar-refractivity contribution in [1.29, 1.82) is 0 Å². The maximum atomic E-state index is 13.3. The van der Waals surface area contributed by atoms with Crippen molar-refractivity contribution in [2.45, 2.75) is 57.4 Å². The van der Waals surface area contributed by atoms with Crippen LogP contribution in [0.3, 0.4) is 0 Å². The van der Waals surface area contributed by atoms with Crippen LogP contribution in [0.4, 0.5) is 16.2 Å². The van der Waals surface area contributed by atoms with Gasteiger partial charge in [0.05, 0.1) is 24.1 Å². The molecule has 0 bridgehead atoms. The fraction of sp³-hybridized carbons (Fsp3) is 0.423. The summed E-state index contributed by atoms with van der Waals surface area (Å²) < 4.78 is 12.2. The van der Waals surface area contributed by atoms with Gasteiger partial charge in [-0.2, -0.15) is 0 Å². The third-order valence-corrected chi connectivity index (χ3v) is 6.16. The molecule has 2 heterocycles. The van der Waals surface area contributed by atoms with Crippen LogP contribution in [0.15, 0.2) is 48.5 Å². The third kappa shape index (κ3) is 6.10. The van der Waals surface area contributed by atoms with Gasteiger partial charge in [-0.15, -0.1) is 0 Å². The molecule has 1 saturated heterocycles. The Hall–Kier alpha value is -3.59. The van der Waals surface area contributed by atoms with E-state index in [1.54, 1.807) is 30.1 Å². The molecule has 0 radical (unpaired) electrons. The van der Waals surface area contributed by atoms with Crippen LogP contribution in [0.25, 0.3) is 0 Å². The lowest BCUT2D eigenvalue weighted by Gasteiger charge is -2.42. The third-order valence-electron chi connectivity index (χ3n) is 6.16. The van der Waals surface area contributed by atoms with Gasteiger partial charge in [0.15, 0.2) is 0 Å². The number of anilines is 2. The highest BCUT2D eigenvalue weighted by molar-refractivity contribution is 5.99. The number of likely N-dealkylation sites (N-methyl/N-ethyl adjacent to an activating group) is 1. The molecule has 0 spiro atoms. The van der Waals surface area contributed by atoms with Gasteiger partial charge in [0.25, 0.3) is 5.91 Å². The van der Waals surface area contributed by atoms with Crippen LogP contribution in [0.2, 0.25) is 0 Å². The first-order chi connectivity index (χ1) is 16.8. The van der Waals surface area contributed by atoms with Crippen LogP contribution in [0.1, 0.15) is 43.5 Å². The molecule has 2 aromatic carbocycles. The van der Waals surface area contributed by atoms with E-state index in [1.807, 2.05) is 44.2 Å². The standard InChI is InChI=1S/C26H32N4O5/c1-16(2)27-26(33)29-18-9-12-22-20(13-18)25(32)30(3)21-11-10-19(35-23(21)15-34-22)14-24(31)28-17-7-5-4-6-8-17/h4-9,12-13,16,19,21,23H,10-11,14-15H2,1-3H3,(H,28,31)(H2,27,29,33)/t19-,21-,23-/m1/s1. The Bertz CT molecular complexity index is 1070. The number of nitrogens with zero attached hydrogens (tertiary/aromatic N) is 1. The molecule has 0 unspecified atom stereocenters. The van der Waals surface area contributed by atoms with Gasteiger partial charge in [-0.25, -0.2) is 4.79 Å². The molecular weight excluding hydrogens is 448 g/mol. The Morgan fingerprint density at radius 3 is 2.57 bits per heavy atom. The van der Waals surface area contributed by atoms with Crippen LogP contribution in [0, 0.1) is 0 Å². The summed E-state index contributed by atoms with van der Waals surface area (Å²) in [4.78, 5) is 39.6. The van der Waals surface area contributed by atoms with E-state index in [-0.39, 0.29) is 55.2 Å². The first-order valence-corrected chi connectivity index (χ1v) is 11.9. The van der Waals surface area contributed by atoms with Crippen molar-refractivity contribution in [2.24, 2.45) is 0 Å². The summed E-state index contributed by atoms with van der Waals surface area (Å²) >= 11 is 0. The van der Waals surface area contributed by atoms with E-state index >= 15 is 0 Å². The lowest BCUT2D eigenvalue weighted by atomic mass is 9.94. The highest BCUT2D eigenvalue weighted by Crippen LogP contribution is 2.32. The molecule has 4 amide bonds. The second kappa shape index (κ2) is 10.8. The SMILES string of the molecule is CC(C)NC(=O)Nc1ccc2c(c1)C(=O)N(C)[C@@H]1CC[C@H](CC(=O)Nc3ccccc3)O[C@@H]1CO2. The van der Waals surface area contributed by atoms with Crippen LogP contribution in [-0.2, 0) is 9.53 Å². The second-order valence-electron chi connectivity index (χ2n) is 9.25. The molecule has 186 valence electrons. The molecular formula is C26H32N4O5. The van der Waals surface area contributed by atoms with E-state index in [2.05, 4.69) is 16.0 Å². The van der Waals surface area contributed by atoms with E-state index in [1.165, 1.54) is 0 Å². The average molecular weight is 481 g/mol. The monoisotopic (exact) mass is 480 g/mol. The highest BCUT2D eigenvalue weighted by Gasteiger charge is 2.39. The average Bonchev–Trinajstić information content (AvgIpc) is 2.82. The van der Waals surface area contributed by atoms with Gasteiger partial charge in [-0.1, -0.05) is 18.2 Å². The minimum Gasteiger partial charge on any atom is -0.490 e. The molecule has 2 aliphatic rings. The molecule has 2 aromatic rings. The Balaban J connectivity index is 1.42. The first-order valence-electron chi connectivity index (χ1n) is 11.9. The molecule has 0 saturated carbocycles. The summed E-state index contributed by atoms with van der Waals surface area (Å²) in [6.07, 6.45) is 0.987. The molecule has 1 fully saturated rings. The van der Waals surface area contributed by atoms with Gasteiger partial charge in [0.1, 0.15) is 18.5 Å². The van der Waals surface area contributed by atoms with E-state index < -0.39 is 0 Å². The van der Waals surface area contributed by atoms with Gasteiger partial charge in [0.2, 0.25) is 5.91 Å². The van der Waals surface area contributed by atoms with Crippen molar-refractivity contribution >= 4 is 29.2 Å². The summed E-state index contributed by atoms with van der Waals surface area (Å²) in [6.45, 7) is 4.00. The summed E-state index contributed by atoms with van der Waals surface area (Å²) in [5.41, 5.74) is 1.64. The molecule has 9 heteroatoms. The van der Waals surface area contributed by atoms with Gasteiger partial charge in [0, 0.05) is 24.5 Å². The fourth-order valence-electron chi connectivity index (χ4n) is 4.47. The van der Waals surface area contributed by atoms with E-state index in [0.29, 0.717) is 29.8 Å². The number of rotatable bonds is 5. The number of ether oxygens (including phenoxy) is 2. The van der Waals surface area contributed by atoms with E-state index in [9.17, 15) is 14.4 Å². The summed E-state index contributed by atoms with van der Waals surface area (Å²) in [6, 6.07) is 13.8. The number of hydrogen-bond donors (Lipinski definition) is 3. The minimum absolute atomic E-state index is 0.00749. The Kier molecular flexibility index (Phi) is 7.55. The Morgan fingerprint density at radius 2 is 1.83 bits per heavy atom. The van der Waals surface area contributed by atoms with Gasteiger partial charge < -0.3 is 30.3 Å². The molecule has 4 rings (SSSR count). The Labute approximate surface area is 205 Å². The van der Waals surface area contributed by atoms with Crippen molar-refractivity contribution < 1.29 is 23.9 Å². The number of urea groups is 1. The fourth-order valence-corrected chi connectivity index (χ4v) is 4.47. The van der Waals surface area contributed by atoms with Crippen LogP contribution >= 0.6 is 0 Å². The van der Waals surface area contributed by atoms with Gasteiger partial charge in [-0.05, 0) is 57.0 Å².